The second kappa shape index (κ2) is 5.09. The molecule has 1 nitrogen and oxygen atoms in total. The first kappa shape index (κ1) is 12.4. The third-order valence-corrected chi connectivity index (χ3v) is 3.15. The van der Waals surface area contributed by atoms with Crippen LogP contribution >= 0.6 is 0 Å². The molecule has 92 valence electrons. The van der Waals surface area contributed by atoms with Gasteiger partial charge in [-0.25, -0.2) is 0 Å². The van der Waals surface area contributed by atoms with Crippen molar-refractivity contribution >= 4 is 11.3 Å². The highest BCUT2D eigenvalue weighted by atomic mass is 15.1. The Balaban J connectivity index is 2.36. The van der Waals surface area contributed by atoms with Crippen molar-refractivity contribution in [1.82, 2.24) is 0 Å². The molecule has 0 aliphatic heterocycles. The number of aryl methyl sites for hydroxylation is 1. The van der Waals surface area contributed by atoms with Gasteiger partial charge in [-0.05, 0) is 41.3 Å². The highest BCUT2D eigenvalue weighted by Gasteiger charge is 2.05. The number of nitrogens with zero attached hydrogens (tertiary/aromatic N) is 1. The molecule has 0 heterocycles. The SMILES string of the molecule is C=C(c1ccccc1)c1ccc(N(C)C)c(C)c1. The Hall–Kier alpha value is -2.02. The lowest BCUT2D eigenvalue weighted by molar-refractivity contribution is 1.11. The zero-order valence-electron chi connectivity index (χ0n) is 11.3. The van der Waals surface area contributed by atoms with Gasteiger partial charge in [-0.3, -0.25) is 0 Å². The molecule has 0 bridgehead atoms. The van der Waals surface area contributed by atoms with Gasteiger partial charge in [0.05, 0.1) is 0 Å². The number of rotatable bonds is 3. The lowest BCUT2D eigenvalue weighted by atomic mass is 9.97. The Labute approximate surface area is 109 Å². The molecule has 18 heavy (non-hydrogen) atoms. The second-order valence-electron chi connectivity index (χ2n) is 4.74. The minimum Gasteiger partial charge on any atom is -0.377 e. The average molecular weight is 237 g/mol. The maximum atomic E-state index is 4.20. The van der Waals surface area contributed by atoms with Crippen molar-refractivity contribution in [2.75, 3.05) is 19.0 Å². The molecule has 2 aromatic carbocycles. The molecule has 0 aromatic heterocycles. The summed E-state index contributed by atoms with van der Waals surface area (Å²) in [5, 5.41) is 0. The van der Waals surface area contributed by atoms with Crippen molar-refractivity contribution in [3.05, 3.63) is 71.8 Å². The molecule has 0 amide bonds. The van der Waals surface area contributed by atoms with Crippen LogP contribution in [-0.2, 0) is 0 Å². The lowest BCUT2D eigenvalue weighted by Crippen LogP contribution is -2.10. The largest absolute Gasteiger partial charge is 0.377 e. The van der Waals surface area contributed by atoms with E-state index in [2.05, 4.69) is 62.8 Å². The molecular formula is C17H19N. The van der Waals surface area contributed by atoms with E-state index in [4.69, 9.17) is 0 Å². The van der Waals surface area contributed by atoms with Crippen molar-refractivity contribution < 1.29 is 0 Å². The summed E-state index contributed by atoms with van der Waals surface area (Å²) in [5.41, 5.74) is 5.96. The molecule has 0 aliphatic rings. The average Bonchev–Trinajstić information content (AvgIpc) is 2.38. The van der Waals surface area contributed by atoms with E-state index in [1.165, 1.54) is 22.4 Å². The van der Waals surface area contributed by atoms with Gasteiger partial charge in [-0.1, -0.05) is 43.0 Å². The van der Waals surface area contributed by atoms with Crippen molar-refractivity contribution in [3.8, 4) is 0 Å². The van der Waals surface area contributed by atoms with Crippen LogP contribution in [0.3, 0.4) is 0 Å². The quantitative estimate of drug-likeness (QED) is 0.776. The van der Waals surface area contributed by atoms with Gasteiger partial charge in [-0.2, -0.15) is 0 Å². The predicted octanol–water partition coefficient (Wildman–Crippen LogP) is 4.12. The number of benzene rings is 2. The van der Waals surface area contributed by atoms with Crippen LogP contribution < -0.4 is 4.90 Å². The fraction of sp³-hybridized carbons (Fsp3) is 0.176. The Morgan fingerprint density at radius 3 is 2.17 bits per heavy atom. The summed E-state index contributed by atoms with van der Waals surface area (Å²) >= 11 is 0. The van der Waals surface area contributed by atoms with Gasteiger partial charge < -0.3 is 4.90 Å². The van der Waals surface area contributed by atoms with Crippen molar-refractivity contribution in [3.63, 3.8) is 0 Å². The summed E-state index contributed by atoms with van der Waals surface area (Å²) in [6.07, 6.45) is 0. The summed E-state index contributed by atoms with van der Waals surface area (Å²) < 4.78 is 0. The van der Waals surface area contributed by atoms with Crippen LogP contribution in [0.1, 0.15) is 16.7 Å². The van der Waals surface area contributed by atoms with E-state index < -0.39 is 0 Å². The van der Waals surface area contributed by atoms with Crippen LogP contribution in [0.5, 0.6) is 0 Å². The Bertz CT molecular complexity index is 553. The fourth-order valence-electron chi connectivity index (χ4n) is 2.15. The fourth-order valence-corrected chi connectivity index (χ4v) is 2.15. The van der Waals surface area contributed by atoms with E-state index in [9.17, 15) is 0 Å². The first-order chi connectivity index (χ1) is 8.59. The zero-order chi connectivity index (χ0) is 13.1. The first-order valence-corrected chi connectivity index (χ1v) is 6.12. The molecule has 0 N–H and O–H groups in total. The van der Waals surface area contributed by atoms with Crippen molar-refractivity contribution in [2.24, 2.45) is 0 Å². The summed E-state index contributed by atoms with van der Waals surface area (Å²) in [6.45, 7) is 6.33. The maximum absolute atomic E-state index is 4.20. The normalized spacial score (nSPS) is 10.2. The van der Waals surface area contributed by atoms with E-state index >= 15 is 0 Å². The first-order valence-electron chi connectivity index (χ1n) is 6.12. The third-order valence-electron chi connectivity index (χ3n) is 3.15. The van der Waals surface area contributed by atoms with Gasteiger partial charge in [0.2, 0.25) is 0 Å². The molecule has 0 unspecified atom stereocenters. The summed E-state index contributed by atoms with van der Waals surface area (Å²) in [6, 6.07) is 16.8. The van der Waals surface area contributed by atoms with Crippen LogP contribution in [0.25, 0.3) is 5.57 Å². The summed E-state index contributed by atoms with van der Waals surface area (Å²) in [5.74, 6) is 0. The summed E-state index contributed by atoms with van der Waals surface area (Å²) in [4.78, 5) is 2.13. The highest BCUT2D eigenvalue weighted by Crippen LogP contribution is 2.26. The molecule has 0 atom stereocenters. The van der Waals surface area contributed by atoms with Crippen molar-refractivity contribution in [2.45, 2.75) is 6.92 Å². The predicted molar refractivity (Wildman–Crippen MR) is 80.1 cm³/mol. The molecule has 0 saturated heterocycles. The standard InChI is InChI=1S/C17H19N/c1-13-12-16(10-11-17(13)18(3)4)14(2)15-8-6-5-7-9-15/h5-12H,2H2,1,3-4H3. The Morgan fingerprint density at radius 2 is 1.61 bits per heavy atom. The van der Waals surface area contributed by atoms with E-state index in [-0.39, 0.29) is 0 Å². The highest BCUT2D eigenvalue weighted by molar-refractivity contribution is 5.79. The van der Waals surface area contributed by atoms with Gasteiger partial charge in [0.25, 0.3) is 0 Å². The zero-order valence-corrected chi connectivity index (χ0v) is 11.3. The topological polar surface area (TPSA) is 3.24 Å². The number of hydrogen-bond donors (Lipinski definition) is 0. The van der Waals surface area contributed by atoms with E-state index in [1.807, 2.05) is 18.2 Å². The molecule has 2 aromatic rings. The van der Waals surface area contributed by atoms with Gasteiger partial charge in [0.15, 0.2) is 0 Å². The van der Waals surface area contributed by atoms with E-state index in [1.54, 1.807) is 0 Å². The molecule has 0 spiro atoms. The van der Waals surface area contributed by atoms with Crippen molar-refractivity contribution in [1.29, 1.82) is 0 Å². The Morgan fingerprint density at radius 1 is 0.944 bits per heavy atom. The Kier molecular flexibility index (Phi) is 3.52. The molecule has 0 aliphatic carbocycles. The molecule has 0 saturated carbocycles. The van der Waals surface area contributed by atoms with Gasteiger partial charge in [0, 0.05) is 19.8 Å². The number of hydrogen-bond acceptors (Lipinski definition) is 1. The van der Waals surface area contributed by atoms with E-state index in [0.717, 1.165) is 5.57 Å². The lowest BCUT2D eigenvalue weighted by Gasteiger charge is -2.17. The molecule has 1 heteroatoms. The third kappa shape index (κ3) is 2.45. The molecular weight excluding hydrogens is 218 g/mol. The molecule has 0 fully saturated rings. The van der Waals surface area contributed by atoms with Crippen LogP contribution in [0, 0.1) is 6.92 Å². The van der Waals surface area contributed by atoms with Crippen LogP contribution in [0.15, 0.2) is 55.1 Å². The monoisotopic (exact) mass is 237 g/mol. The van der Waals surface area contributed by atoms with Gasteiger partial charge in [-0.15, -0.1) is 0 Å². The second-order valence-corrected chi connectivity index (χ2v) is 4.74. The van der Waals surface area contributed by atoms with Gasteiger partial charge >= 0.3 is 0 Å². The minimum atomic E-state index is 1.07. The van der Waals surface area contributed by atoms with E-state index in [0.29, 0.717) is 0 Å². The minimum absolute atomic E-state index is 1.07. The maximum Gasteiger partial charge on any atom is 0.0391 e. The van der Waals surface area contributed by atoms with Crippen LogP contribution in [0.4, 0.5) is 5.69 Å². The van der Waals surface area contributed by atoms with Gasteiger partial charge in [0.1, 0.15) is 0 Å². The van der Waals surface area contributed by atoms with Crippen LogP contribution in [-0.4, -0.2) is 14.1 Å². The van der Waals surface area contributed by atoms with Crippen LogP contribution in [0.2, 0.25) is 0 Å². The molecule has 0 radical (unpaired) electrons. The number of anilines is 1. The summed E-state index contributed by atoms with van der Waals surface area (Å²) in [7, 11) is 4.13. The molecule has 2 rings (SSSR count). The smallest absolute Gasteiger partial charge is 0.0391 e.